The molecule has 1 aliphatic rings. The van der Waals surface area contributed by atoms with Crippen LogP contribution in [-0.4, -0.2) is 87.5 Å². The van der Waals surface area contributed by atoms with Crippen molar-refractivity contribution in [1.82, 2.24) is 0 Å². The molecule has 48 heavy (non-hydrogen) atoms. The van der Waals surface area contributed by atoms with Gasteiger partial charge in [0.2, 0.25) is 0 Å². The van der Waals surface area contributed by atoms with E-state index in [2.05, 4.69) is 27.9 Å². The van der Waals surface area contributed by atoms with Crippen molar-refractivity contribution in [3.05, 3.63) is 0 Å². The summed E-state index contributed by atoms with van der Waals surface area (Å²) >= 11 is 0. The molecular formula is C42H84N2O4+2. The average molecular weight is 681 g/mol. The van der Waals surface area contributed by atoms with Crippen molar-refractivity contribution in [2.45, 2.75) is 194 Å². The SMILES string of the molecule is CCCCCCCCCCCCCCCC(=O)OCC[N+]1(C)CC[N+](C)(CCOC(=O)CCCCCCCCCCCCCCC)CC1. The molecule has 0 amide bonds. The molecule has 0 spiro atoms. The van der Waals surface area contributed by atoms with Crippen molar-refractivity contribution >= 4 is 11.9 Å². The van der Waals surface area contributed by atoms with Gasteiger partial charge in [0, 0.05) is 12.8 Å². The highest BCUT2D eigenvalue weighted by Crippen LogP contribution is 2.17. The smallest absolute Gasteiger partial charge is 0.305 e. The summed E-state index contributed by atoms with van der Waals surface area (Å²) < 4.78 is 13.2. The summed E-state index contributed by atoms with van der Waals surface area (Å²) in [6.45, 7) is 11.7. The van der Waals surface area contributed by atoms with Crippen LogP contribution in [0.5, 0.6) is 0 Å². The molecule has 1 aliphatic heterocycles. The number of quaternary nitrogens is 2. The molecule has 0 aromatic heterocycles. The molecular weight excluding hydrogens is 596 g/mol. The lowest BCUT2D eigenvalue weighted by atomic mass is 10.0. The van der Waals surface area contributed by atoms with Gasteiger partial charge in [-0.25, -0.2) is 0 Å². The molecule has 0 atom stereocenters. The van der Waals surface area contributed by atoms with Gasteiger partial charge in [0.15, 0.2) is 0 Å². The fourth-order valence-corrected chi connectivity index (χ4v) is 7.11. The van der Waals surface area contributed by atoms with Crippen LogP contribution in [0.2, 0.25) is 0 Å². The second kappa shape index (κ2) is 30.7. The van der Waals surface area contributed by atoms with Gasteiger partial charge in [0.1, 0.15) is 52.5 Å². The summed E-state index contributed by atoms with van der Waals surface area (Å²) in [7, 11) is 4.58. The maximum absolute atomic E-state index is 12.3. The number of carbonyl (C=O) groups is 2. The molecule has 0 saturated carbocycles. The van der Waals surface area contributed by atoms with E-state index in [1.54, 1.807) is 0 Å². The van der Waals surface area contributed by atoms with E-state index < -0.39 is 0 Å². The number of unbranched alkanes of at least 4 members (excludes halogenated alkanes) is 24. The van der Waals surface area contributed by atoms with E-state index in [1.807, 2.05) is 0 Å². The number of hydrogen-bond acceptors (Lipinski definition) is 4. The van der Waals surface area contributed by atoms with Crippen LogP contribution in [0.25, 0.3) is 0 Å². The van der Waals surface area contributed by atoms with Crippen LogP contribution in [0.3, 0.4) is 0 Å². The predicted octanol–water partition coefficient (Wildman–Crippen LogP) is 10.9. The first-order valence-electron chi connectivity index (χ1n) is 21.3. The minimum absolute atomic E-state index is 0.0251. The third-order valence-corrected chi connectivity index (χ3v) is 11.1. The van der Waals surface area contributed by atoms with Crippen molar-refractivity contribution in [1.29, 1.82) is 0 Å². The lowest BCUT2D eigenvalue weighted by molar-refractivity contribution is -1.02. The van der Waals surface area contributed by atoms with Gasteiger partial charge < -0.3 is 18.4 Å². The highest BCUT2D eigenvalue weighted by atomic mass is 16.5. The molecule has 0 aromatic carbocycles. The first kappa shape index (κ1) is 44.9. The minimum Gasteiger partial charge on any atom is -0.460 e. The molecule has 1 fully saturated rings. The fraction of sp³-hybridized carbons (Fsp3) is 0.952. The van der Waals surface area contributed by atoms with Gasteiger partial charge in [-0.15, -0.1) is 0 Å². The zero-order valence-electron chi connectivity index (χ0n) is 33.0. The summed E-state index contributed by atoms with van der Waals surface area (Å²) in [5, 5.41) is 0. The number of esters is 2. The largest absolute Gasteiger partial charge is 0.460 e. The van der Waals surface area contributed by atoms with Crippen LogP contribution in [0, 0.1) is 0 Å². The molecule has 284 valence electrons. The monoisotopic (exact) mass is 681 g/mol. The molecule has 0 bridgehead atoms. The van der Waals surface area contributed by atoms with Gasteiger partial charge in [0.05, 0.1) is 14.1 Å². The topological polar surface area (TPSA) is 52.6 Å². The molecule has 0 N–H and O–H groups in total. The van der Waals surface area contributed by atoms with Crippen LogP contribution >= 0.6 is 0 Å². The molecule has 6 nitrogen and oxygen atoms in total. The summed E-state index contributed by atoms with van der Waals surface area (Å²) in [6, 6.07) is 0. The third kappa shape index (κ3) is 26.7. The van der Waals surface area contributed by atoms with Crippen molar-refractivity contribution < 1.29 is 28.0 Å². The Morgan fingerprint density at radius 1 is 0.396 bits per heavy atom. The summed E-state index contributed by atoms with van der Waals surface area (Å²) in [5.74, 6) is -0.0501. The van der Waals surface area contributed by atoms with Crippen LogP contribution in [0.15, 0.2) is 0 Å². The quantitative estimate of drug-likeness (QED) is 0.0386. The highest BCUT2D eigenvalue weighted by molar-refractivity contribution is 5.69. The van der Waals surface area contributed by atoms with Crippen LogP contribution in [-0.2, 0) is 19.1 Å². The Bertz CT molecular complexity index is 688. The number of piperazine rings is 1. The first-order valence-corrected chi connectivity index (χ1v) is 21.3. The Morgan fingerprint density at radius 3 is 0.875 bits per heavy atom. The normalized spacial score (nSPS) is 19.4. The predicted molar refractivity (Wildman–Crippen MR) is 204 cm³/mol. The van der Waals surface area contributed by atoms with Crippen molar-refractivity contribution in [3.8, 4) is 0 Å². The Balaban J connectivity index is 1.95. The lowest BCUT2D eigenvalue weighted by Gasteiger charge is -2.46. The van der Waals surface area contributed by atoms with E-state index in [-0.39, 0.29) is 11.9 Å². The van der Waals surface area contributed by atoms with E-state index in [0.717, 1.165) is 73.9 Å². The number of hydrogen-bond donors (Lipinski definition) is 0. The Hall–Kier alpha value is -1.14. The summed E-state index contributed by atoms with van der Waals surface area (Å²) in [6.07, 6.45) is 35.4. The molecule has 0 aromatic rings. The standard InChI is InChI=1S/C42H84N2O4/c1-5-7-9-11-13-15-17-19-21-23-25-27-29-31-41(45)47-39-37-43(3)33-35-44(4,36-34-43)38-40-48-42(46)32-30-28-26-24-22-20-18-16-14-12-10-8-6-2/h5-40H2,1-4H3/q+2. The van der Waals surface area contributed by atoms with E-state index in [9.17, 15) is 9.59 Å². The fourth-order valence-electron chi connectivity index (χ4n) is 7.11. The molecule has 0 unspecified atom stereocenters. The number of rotatable bonds is 34. The van der Waals surface area contributed by atoms with Gasteiger partial charge in [-0.3, -0.25) is 9.59 Å². The zero-order valence-corrected chi connectivity index (χ0v) is 33.0. The van der Waals surface area contributed by atoms with E-state index in [1.165, 1.54) is 141 Å². The lowest BCUT2D eigenvalue weighted by Crippen LogP contribution is -2.65. The minimum atomic E-state index is -0.0251. The molecule has 1 rings (SSSR count). The maximum atomic E-state index is 12.3. The number of carbonyl (C=O) groups excluding carboxylic acids is 2. The molecule has 1 saturated heterocycles. The summed E-state index contributed by atoms with van der Waals surface area (Å²) in [4.78, 5) is 24.6. The van der Waals surface area contributed by atoms with Crippen molar-refractivity contribution in [2.75, 3.05) is 66.6 Å². The van der Waals surface area contributed by atoms with Crippen molar-refractivity contribution in [3.63, 3.8) is 0 Å². The van der Waals surface area contributed by atoms with Gasteiger partial charge >= 0.3 is 11.9 Å². The van der Waals surface area contributed by atoms with E-state index in [0.29, 0.717) is 26.1 Å². The molecule has 1 heterocycles. The maximum Gasteiger partial charge on any atom is 0.305 e. The Kier molecular flexibility index (Phi) is 28.7. The Morgan fingerprint density at radius 2 is 0.625 bits per heavy atom. The Labute approximate surface area is 299 Å². The van der Waals surface area contributed by atoms with Crippen molar-refractivity contribution in [2.24, 2.45) is 0 Å². The number of likely N-dealkylation sites (N-methyl/N-ethyl adjacent to an activating group) is 2. The van der Waals surface area contributed by atoms with E-state index in [4.69, 9.17) is 9.47 Å². The second-order valence-corrected chi connectivity index (χ2v) is 16.0. The molecule has 6 heteroatoms. The molecule has 0 radical (unpaired) electrons. The first-order chi connectivity index (χ1) is 23.3. The van der Waals surface area contributed by atoms with Crippen LogP contribution < -0.4 is 0 Å². The van der Waals surface area contributed by atoms with E-state index >= 15 is 0 Å². The van der Waals surface area contributed by atoms with Gasteiger partial charge in [-0.05, 0) is 12.8 Å². The van der Waals surface area contributed by atoms with Gasteiger partial charge in [-0.1, -0.05) is 168 Å². The average Bonchev–Trinajstić information content (AvgIpc) is 3.07. The highest BCUT2D eigenvalue weighted by Gasteiger charge is 2.37. The third-order valence-electron chi connectivity index (χ3n) is 11.1. The molecule has 0 aliphatic carbocycles. The van der Waals surface area contributed by atoms with Gasteiger partial charge in [-0.2, -0.15) is 0 Å². The second-order valence-electron chi connectivity index (χ2n) is 16.0. The van der Waals surface area contributed by atoms with Crippen LogP contribution in [0.4, 0.5) is 0 Å². The zero-order chi connectivity index (χ0) is 35.0. The van der Waals surface area contributed by atoms with Crippen LogP contribution in [0.1, 0.15) is 194 Å². The van der Waals surface area contributed by atoms with Gasteiger partial charge in [0.25, 0.3) is 0 Å². The summed E-state index contributed by atoms with van der Waals surface area (Å²) in [5.41, 5.74) is 0. The number of ether oxygens (including phenoxy) is 2. The number of nitrogens with zero attached hydrogens (tertiary/aromatic N) is 2.